The standard InChI is InChI=1S/C16H15BrN2O2/c1-20-14-5-11(6-15(8-14)21-2)10-19-16-4-3-13(17)7-12(16)9-18/h3-8,19H,10H2,1-2H3. The summed E-state index contributed by atoms with van der Waals surface area (Å²) in [5.74, 6) is 1.48. The molecule has 108 valence electrons. The van der Waals surface area contributed by atoms with Crippen LogP contribution in [0.4, 0.5) is 5.69 Å². The van der Waals surface area contributed by atoms with Gasteiger partial charge in [-0.1, -0.05) is 15.9 Å². The highest BCUT2D eigenvalue weighted by Crippen LogP contribution is 2.24. The molecule has 21 heavy (non-hydrogen) atoms. The summed E-state index contributed by atoms with van der Waals surface area (Å²) in [6, 6.07) is 13.4. The zero-order valence-electron chi connectivity index (χ0n) is 11.8. The smallest absolute Gasteiger partial charge is 0.122 e. The van der Waals surface area contributed by atoms with Crippen LogP contribution in [0.15, 0.2) is 40.9 Å². The second-order valence-electron chi connectivity index (χ2n) is 4.38. The van der Waals surface area contributed by atoms with Gasteiger partial charge in [-0.25, -0.2) is 0 Å². The first-order valence-electron chi connectivity index (χ1n) is 6.31. The molecule has 0 unspecified atom stereocenters. The number of benzene rings is 2. The van der Waals surface area contributed by atoms with Crippen molar-refractivity contribution in [3.63, 3.8) is 0 Å². The van der Waals surface area contributed by atoms with Gasteiger partial charge in [0.15, 0.2) is 0 Å². The Hall–Kier alpha value is -2.19. The van der Waals surface area contributed by atoms with Gasteiger partial charge in [-0.15, -0.1) is 0 Å². The fraction of sp³-hybridized carbons (Fsp3) is 0.188. The molecule has 2 aromatic carbocycles. The number of nitriles is 1. The Bertz CT molecular complexity index is 658. The van der Waals surface area contributed by atoms with E-state index >= 15 is 0 Å². The fourth-order valence-electron chi connectivity index (χ4n) is 1.93. The minimum absolute atomic E-state index is 0.573. The first-order valence-corrected chi connectivity index (χ1v) is 7.11. The monoisotopic (exact) mass is 346 g/mol. The van der Waals surface area contributed by atoms with Crippen LogP contribution < -0.4 is 14.8 Å². The normalized spacial score (nSPS) is 9.81. The number of nitrogens with one attached hydrogen (secondary N) is 1. The van der Waals surface area contributed by atoms with Gasteiger partial charge in [0.2, 0.25) is 0 Å². The molecule has 0 aromatic heterocycles. The number of halogens is 1. The van der Waals surface area contributed by atoms with Crippen molar-refractivity contribution < 1.29 is 9.47 Å². The zero-order chi connectivity index (χ0) is 15.2. The topological polar surface area (TPSA) is 54.3 Å². The summed E-state index contributed by atoms with van der Waals surface area (Å²) in [6.07, 6.45) is 0. The molecule has 0 aliphatic heterocycles. The Morgan fingerprint density at radius 2 is 1.76 bits per heavy atom. The predicted octanol–water partition coefficient (Wildman–Crippen LogP) is 3.95. The van der Waals surface area contributed by atoms with Crippen LogP contribution >= 0.6 is 15.9 Å². The third-order valence-corrected chi connectivity index (χ3v) is 3.49. The molecule has 1 N–H and O–H groups in total. The van der Waals surface area contributed by atoms with E-state index in [-0.39, 0.29) is 0 Å². The van der Waals surface area contributed by atoms with Crippen molar-refractivity contribution in [1.29, 1.82) is 5.26 Å². The molecule has 0 aliphatic carbocycles. The van der Waals surface area contributed by atoms with Crippen LogP contribution in [0.3, 0.4) is 0 Å². The van der Waals surface area contributed by atoms with Crippen molar-refractivity contribution >= 4 is 21.6 Å². The van der Waals surface area contributed by atoms with Gasteiger partial charge >= 0.3 is 0 Å². The van der Waals surface area contributed by atoms with Crippen LogP contribution in [-0.2, 0) is 6.54 Å². The van der Waals surface area contributed by atoms with E-state index in [9.17, 15) is 0 Å². The summed E-state index contributed by atoms with van der Waals surface area (Å²) >= 11 is 3.36. The lowest BCUT2D eigenvalue weighted by atomic mass is 10.1. The zero-order valence-corrected chi connectivity index (χ0v) is 13.4. The summed E-state index contributed by atoms with van der Waals surface area (Å²) in [5.41, 5.74) is 2.40. The van der Waals surface area contributed by atoms with E-state index in [2.05, 4.69) is 27.3 Å². The first-order chi connectivity index (χ1) is 10.2. The average Bonchev–Trinajstić information content (AvgIpc) is 2.53. The lowest BCUT2D eigenvalue weighted by Crippen LogP contribution is -2.02. The van der Waals surface area contributed by atoms with Crippen molar-refractivity contribution in [2.24, 2.45) is 0 Å². The molecule has 0 bridgehead atoms. The molecule has 0 aliphatic rings. The van der Waals surface area contributed by atoms with E-state index in [1.54, 1.807) is 20.3 Å². The Balaban J connectivity index is 2.18. The van der Waals surface area contributed by atoms with Gasteiger partial charge in [0.05, 0.1) is 25.5 Å². The molecule has 0 saturated carbocycles. The van der Waals surface area contributed by atoms with E-state index in [1.807, 2.05) is 30.3 Å². The molecule has 4 nitrogen and oxygen atoms in total. The van der Waals surface area contributed by atoms with Gasteiger partial charge in [-0.05, 0) is 35.9 Å². The third-order valence-electron chi connectivity index (χ3n) is 3.00. The SMILES string of the molecule is COc1cc(CNc2ccc(Br)cc2C#N)cc(OC)c1. The number of nitrogens with zero attached hydrogens (tertiary/aromatic N) is 1. The van der Waals surface area contributed by atoms with Gasteiger partial charge in [0, 0.05) is 17.1 Å². The van der Waals surface area contributed by atoms with Gasteiger partial charge < -0.3 is 14.8 Å². The summed E-state index contributed by atoms with van der Waals surface area (Å²) in [4.78, 5) is 0. The minimum atomic E-state index is 0.573. The van der Waals surface area contributed by atoms with Crippen molar-refractivity contribution in [2.75, 3.05) is 19.5 Å². The molecule has 0 amide bonds. The lowest BCUT2D eigenvalue weighted by Gasteiger charge is -2.11. The van der Waals surface area contributed by atoms with E-state index in [0.717, 1.165) is 27.2 Å². The van der Waals surface area contributed by atoms with E-state index in [1.165, 1.54) is 0 Å². The Morgan fingerprint density at radius 3 is 2.33 bits per heavy atom. The van der Waals surface area contributed by atoms with Crippen LogP contribution in [0.5, 0.6) is 11.5 Å². The molecule has 2 aromatic rings. The van der Waals surface area contributed by atoms with Gasteiger partial charge in [0.25, 0.3) is 0 Å². The average molecular weight is 347 g/mol. The van der Waals surface area contributed by atoms with Crippen LogP contribution in [-0.4, -0.2) is 14.2 Å². The lowest BCUT2D eigenvalue weighted by molar-refractivity contribution is 0.393. The van der Waals surface area contributed by atoms with Gasteiger partial charge in [0.1, 0.15) is 17.6 Å². The molecule has 2 rings (SSSR count). The number of rotatable bonds is 5. The van der Waals surface area contributed by atoms with Crippen LogP contribution in [0.2, 0.25) is 0 Å². The fourth-order valence-corrected chi connectivity index (χ4v) is 2.29. The third kappa shape index (κ3) is 3.89. The molecule has 0 fully saturated rings. The molecule has 0 spiro atoms. The van der Waals surface area contributed by atoms with E-state index in [0.29, 0.717) is 12.1 Å². The summed E-state index contributed by atoms with van der Waals surface area (Å²) in [6.45, 7) is 0.573. The molecule has 0 heterocycles. The number of ether oxygens (including phenoxy) is 2. The molecular weight excluding hydrogens is 332 g/mol. The minimum Gasteiger partial charge on any atom is -0.497 e. The van der Waals surface area contributed by atoms with Gasteiger partial charge in [-0.2, -0.15) is 5.26 Å². The highest BCUT2D eigenvalue weighted by atomic mass is 79.9. The summed E-state index contributed by atoms with van der Waals surface area (Å²) in [5, 5.41) is 12.4. The van der Waals surface area contributed by atoms with Gasteiger partial charge in [-0.3, -0.25) is 0 Å². The highest BCUT2D eigenvalue weighted by molar-refractivity contribution is 9.10. The largest absolute Gasteiger partial charge is 0.497 e. The second-order valence-corrected chi connectivity index (χ2v) is 5.29. The molecule has 0 saturated heterocycles. The Kier molecular flexibility index (Phi) is 5.07. The second kappa shape index (κ2) is 7.00. The van der Waals surface area contributed by atoms with Crippen molar-refractivity contribution in [1.82, 2.24) is 0 Å². The Morgan fingerprint density at radius 1 is 1.10 bits per heavy atom. The molecule has 0 radical (unpaired) electrons. The quantitative estimate of drug-likeness (QED) is 0.890. The molecule has 0 atom stereocenters. The number of hydrogen-bond acceptors (Lipinski definition) is 4. The maximum Gasteiger partial charge on any atom is 0.122 e. The maximum absolute atomic E-state index is 9.15. The van der Waals surface area contributed by atoms with Crippen molar-refractivity contribution in [2.45, 2.75) is 6.54 Å². The van der Waals surface area contributed by atoms with Crippen LogP contribution in [0, 0.1) is 11.3 Å². The Labute approximate surface area is 132 Å². The number of anilines is 1. The molecular formula is C16H15BrN2O2. The van der Waals surface area contributed by atoms with Crippen LogP contribution in [0.25, 0.3) is 0 Å². The maximum atomic E-state index is 9.15. The van der Waals surface area contributed by atoms with Crippen molar-refractivity contribution in [3.8, 4) is 17.6 Å². The molecule has 5 heteroatoms. The first kappa shape index (κ1) is 15.2. The predicted molar refractivity (Wildman–Crippen MR) is 85.7 cm³/mol. The van der Waals surface area contributed by atoms with E-state index < -0.39 is 0 Å². The van der Waals surface area contributed by atoms with E-state index in [4.69, 9.17) is 14.7 Å². The summed E-state index contributed by atoms with van der Waals surface area (Å²) in [7, 11) is 3.24. The number of hydrogen-bond donors (Lipinski definition) is 1. The summed E-state index contributed by atoms with van der Waals surface area (Å²) < 4.78 is 11.4. The number of methoxy groups -OCH3 is 2. The van der Waals surface area contributed by atoms with Crippen LogP contribution in [0.1, 0.15) is 11.1 Å². The highest BCUT2D eigenvalue weighted by Gasteiger charge is 2.05. The van der Waals surface area contributed by atoms with Crippen molar-refractivity contribution in [3.05, 3.63) is 52.0 Å².